The Kier molecular flexibility index (Phi) is 2.67. The molecule has 4 heteroatoms. The number of aromatic nitrogens is 3. The summed E-state index contributed by atoms with van der Waals surface area (Å²) < 4.78 is 2.85. The normalized spacial score (nSPS) is 11.1. The van der Waals surface area contributed by atoms with Crippen molar-refractivity contribution in [2.45, 2.75) is 13.8 Å². The second-order valence-electron chi connectivity index (χ2n) is 4.41. The van der Waals surface area contributed by atoms with Gasteiger partial charge in [-0.2, -0.15) is 0 Å². The van der Waals surface area contributed by atoms with Crippen molar-refractivity contribution in [2.24, 2.45) is 0 Å². The second kappa shape index (κ2) is 4.21. The van der Waals surface area contributed by atoms with Gasteiger partial charge in [0, 0.05) is 11.9 Å². The number of nitrogens with zero attached hydrogens (tertiary/aromatic N) is 3. The number of rotatable bonds is 1. The molecule has 0 fully saturated rings. The first-order chi connectivity index (χ1) is 8.65. The van der Waals surface area contributed by atoms with E-state index in [-0.39, 0.29) is 0 Å². The summed E-state index contributed by atoms with van der Waals surface area (Å²) in [6.45, 7) is 4.20. The lowest BCUT2D eigenvalue weighted by atomic mass is 10.1. The summed E-state index contributed by atoms with van der Waals surface area (Å²) in [5.41, 5.74) is 5.35. The zero-order valence-corrected chi connectivity index (χ0v) is 11.8. The molecule has 1 aromatic carbocycles. The maximum Gasteiger partial charge on any atom is 0.184 e. The number of hydrogen-bond donors (Lipinski definition) is 0. The van der Waals surface area contributed by atoms with E-state index >= 15 is 0 Å². The van der Waals surface area contributed by atoms with Crippen LogP contribution in [0.2, 0.25) is 0 Å². The summed E-state index contributed by atoms with van der Waals surface area (Å²) in [6, 6.07) is 10.4. The van der Waals surface area contributed by atoms with Crippen LogP contribution in [0, 0.1) is 13.8 Å². The number of hydrogen-bond acceptors (Lipinski definition) is 2. The molecule has 0 aliphatic carbocycles. The Morgan fingerprint density at radius 1 is 1.11 bits per heavy atom. The van der Waals surface area contributed by atoms with Crippen LogP contribution in [-0.4, -0.2) is 14.5 Å². The molecule has 0 radical (unpaired) electrons. The van der Waals surface area contributed by atoms with Crippen LogP contribution in [-0.2, 0) is 0 Å². The van der Waals surface area contributed by atoms with Crippen LogP contribution >= 0.6 is 15.9 Å². The van der Waals surface area contributed by atoms with Gasteiger partial charge < -0.3 is 0 Å². The molecule has 0 aliphatic heterocycles. The molecule has 3 rings (SSSR count). The first-order valence-electron chi connectivity index (χ1n) is 5.73. The van der Waals surface area contributed by atoms with Gasteiger partial charge in [-0.05, 0) is 65.2 Å². The summed E-state index contributed by atoms with van der Waals surface area (Å²) in [6.07, 6.45) is 1.76. The minimum atomic E-state index is 0.753. The van der Waals surface area contributed by atoms with Crippen LogP contribution in [0.4, 0.5) is 0 Å². The van der Waals surface area contributed by atoms with Crippen LogP contribution in [0.1, 0.15) is 11.1 Å². The van der Waals surface area contributed by atoms with E-state index in [1.807, 2.05) is 12.1 Å². The number of benzene rings is 1. The molecular weight excluding hydrogens is 290 g/mol. The van der Waals surface area contributed by atoms with Gasteiger partial charge in [-0.25, -0.2) is 9.97 Å². The van der Waals surface area contributed by atoms with E-state index in [0.717, 1.165) is 21.6 Å². The van der Waals surface area contributed by atoms with Gasteiger partial charge in [-0.1, -0.05) is 6.07 Å². The summed E-state index contributed by atoms with van der Waals surface area (Å²) in [5, 5.41) is 0. The average Bonchev–Trinajstić information content (AvgIpc) is 2.63. The Morgan fingerprint density at radius 2 is 1.83 bits per heavy atom. The minimum absolute atomic E-state index is 0.753. The van der Waals surface area contributed by atoms with E-state index in [1.54, 1.807) is 6.20 Å². The van der Waals surface area contributed by atoms with Crippen molar-refractivity contribution in [1.29, 1.82) is 0 Å². The lowest BCUT2D eigenvalue weighted by Crippen LogP contribution is -1.96. The Bertz CT molecular complexity index is 711. The van der Waals surface area contributed by atoms with Gasteiger partial charge in [0.1, 0.15) is 0 Å². The molecule has 0 aliphatic rings. The number of fused-ring (bicyclic) bond motifs is 1. The maximum absolute atomic E-state index is 4.42. The van der Waals surface area contributed by atoms with Gasteiger partial charge in [0.25, 0.3) is 0 Å². The van der Waals surface area contributed by atoms with Gasteiger partial charge in [0.05, 0.1) is 5.52 Å². The fourth-order valence-electron chi connectivity index (χ4n) is 2.21. The van der Waals surface area contributed by atoms with Crippen molar-refractivity contribution in [1.82, 2.24) is 14.5 Å². The van der Waals surface area contributed by atoms with E-state index in [4.69, 9.17) is 0 Å². The summed E-state index contributed by atoms with van der Waals surface area (Å²) in [4.78, 5) is 8.69. The molecule has 0 atom stereocenters. The van der Waals surface area contributed by atoms with E-state index in [0.29, 0.717) is 0 Å². The molecule has 0 spiro atoms. The highest BCUT2D eigenvalue weighted by atomic mass is 79.9. The van der Waals surface area contributed by atoms with Gasteiger partial charge >= 0.3 is 0 Å². The highest BCUT2D eigenvalue weighted by Gasteiger charge is 2.11. The van der Waals surface area contributed by atoms with Gasteiger partial charge in [0.15, 0.2) is 10.4 Å². The molecule has 0 amide bonds. The third-order valence-electron chi connectivity index (χ3n) is 2.85. The molecule has 3 aromatic rings. The molecule has 0 saturated carbocycles. The quantitative estimate of drug-likeness (QED) is 0.684. The molecule has 90 valence electrons. The monoisotopic (exact) mass is 301 g/mol. The molecule has 0 N–H and O–H groups in total. The summed E-state index contributed by atoms with van der Waals surface area (Å²) in [5.74, 6) is 0. The molecule has 3 nitrogen and oxygen atoms in total. The summed E-state index contributed by atoms with van der Waals surface area (Å²) >= 11 is 3.51. The standard InChI is InChI=1S/C14H12BrN3/c1-9-6-10(2)8-11(7-9)18-12-4-3-5-16-13(12)17-14(18)15/h3-8H,1-2H3. The Morgan fingerprint density at radius 3 is 2.56 bits per heavy atom. The first kappa shape index (κ1) is 11.4. The summed E-state index contributed by atoms with van der Waals surface area (Å²) in [7, 11) is 0. The van der Waals surface area contributed by atoms with Crippen molar-refractivity contribution >= 4 is 27.1 Å². The number of pyridine rings is 1. The van der Waals surface area contributed by atoms with Crippen molar-refractivity contribution < 1.29 is 0 Å². The largest absolute Gasteiger partial charge is 0.285 e. The Balaban J connectivity index is 2.34. The van der Waals surface area contributed by atoms with Crippen molar-refractivity contribution in [3.63, 3.8) is 0 Å². The van der Waals surface area contributed by atoms with Crippen LogP contribution in [0.25, 0.3) is 16.9 Å². The minimum Gasteiger partial charge on any atom is -0.285 e. The van der Waals surface area contributed by atoms with Gasteiger partial charge in [-0.3, -0.25) is 4.57 Å². The van der Waals surface area contributed by atoms with Gasteiger partial charge in [0.2, 0.25) is 0 Å². The number of imidazole rings is 1. The van der Waals surface area contributed by atoms with Crippen LogP contribution in [0.3, 0.4) is 0 Å². The zero-order chi connectivity index (χ0) is 12.7. The van der Waals surface area contributed by atoms with Crippen LogP contribution < -0.4 is 0 Å². The third-order valence-corrected chi connectivity index (χ3v) is 3.39. The smallest absolute Gasteiger partial charge is 0.184 e. The van der Waals surface area contributed by atoms with Crippen LogP contribution in [0.5, 0.6) is 0 Å². The fourth-order valence-corrected chi connectivity index (χ4v) is 2.78. The number of aryl methyl sites for hydroxylation is 2. The second-order valence-corrected chi connectivity index (χ2v) is 5.12. The molecule has 18 heavy (non-hydrogen) atoms. The molecule has 2 aromatic heterocycles. The van der Waals surface area contributed by atoms with E-state index in [2.05, 4.69) is 62.5 Å². The lowest BCUT2D eigenvalue weighted by Gasteiger charge is -2.08. The molecule has 2 heterocycles. The van der Waals surface area contributed by atoms with Gasteiger partial charge in [-0.15, -0.1) is 0 Å². The highest BCUT2D eigenvalue weighted by Crippen LogP contribution is 2.24. The van der Waals surface area contributed by atoms with E-state index < -0.39 is 0 Å². The predicted octanol–water partition coefficient (Wildman–Crippen LogP) is 3.80. The van der Waals surface area contributed by atoms with Crippen molar-refractivity contribution in [3.05, 3.63) is 52.4 Å². The molecule has 0 bridgehead atoms. The van der Waals surface area contributed by atoms with Crippen molar-refractivity contribution in [2.75, 3.05) is 0 Å². The Hall–Kier alpha value is -1.68. The van der Waals surface area contributed by atoms with Crippen LogP contribution in [0.15, 0.2) is 41.3 Å². The topological polar surface area (TPSA) is 30.7 Å². The van der Waals surface area contributed by atoms with Crippen molar-refractivity contribution in [3.8, 4) is 5.69 Å². The molecule has 0 saturated heterocycles. The predicted molar refractivity (Wildman–Crippen MR) is 76.0 cm³/mol. The fraction of sp³-hybridized carbons (Fsp3) is 0.143. The lowest BCUT2D eigenvalue weighted by molar-refractivity contribution is 1.04. The maximum atomic E-state index is 4.42. The first-order valence-corrected chi connectivity index (χ1v) is 6.52. The number of halogens is 1. The SMILES string of the molecule is Cc1cc(C)cc(-n2c(Br)nc3ncccc32)c1. The zero-order valence-electron chi connectivity index (χ0n) is 10.2. The highest BCUT2D eigenvalue weighted by molar-refractivity contribution is 9.10. The molecular formula is C14H12BrN3. The molecule has 0 unspecified atom stereocenters. The average molecular weight is 302 g/mol. The third kappa shape index (κ3) is 1.82. The Labute approximate surface area is 114 Å². The van der Waals surface area contributed by atoms with E-state index in [1.165, 1.54) is 11.1 Å². The van der Waals surface area contributed by atoms with E-state index in [9.17, 15) is 0 Å².